The Balaban J connectivity index is 3.10. The van der Waals surface area contributed by atoms with E-state index >= 15 is 0 Å². The van der Waals surface area contributed by atoms with E-state index in [0.29, 0.717) is 17.8 Å². The molecule has 0 bridgehead atoms. The molecule has 0 aromatic carbocycles. The Morgan fingerprint density at radius 2 is 1.37 bits per heavy atom. The molecule has 1 aliphatic rings. The van der Waals surface area contributed by atoms with Crippen molar-refractivity contribution in [1.82, 2.24) is 5.73 Å². The van der Waals surface area contributed by atoms with Crippen LogP contribution in [0.4, 0.5) is 4.79 Å². The van der Waals surface area contributed by atoms with Gasteiger partial charge < -0.3 is 4.74 Å². The third-order valence-corrected chi connectivity index (χ3v) is 4.57. The van der Waals surface area contributed by atoms with E-state index < -0.39 is 6.09 Å². The predicted molar refractivity (Wildman–Crippen MR) is 77.7 cm³/mol. The summed E-state index contributed by atoms with van der Waals surface area (Å²) >= 11 is 0. The predicted octanol–water partition coefficient (Wildman–Crippen LogP) is 4.53. The van der Waals surface area contributed by atoms with Gasteiger partial charge in [0.05, 0.1) is 0 Å². The second-order valence-electron chi connectivity index (χ2n) is 8.39. The zero-order chi connectivity index (χ0) is 15.0. The van der Waals surface area contributed by atoms with Crippen LogP contribution in [-0.2, 0) is 4.74 Å². The summed E-state index contributed by atoms with van der Waals surface area (Å²) in [4.78, 5) is 11.2. The van der Waals surface area contributed by atoms with Crippen molar-refractivity contribution < 1.29 is 9.53 Å². The summed E-state index contributed by atoms with van der Waals surface area (Å²) in [6.45, 7) is 15.5. The Morgan fingerprint density at radius 3 is 1.63 bits per heavy atom. The largest absolute Gasteiger partial charge is 0.444 e. The van der Waals surface area contributed by atoms with E-state index in [4.69, 9.17) is 10.5 Å². The molecule has 0 aliphatic heterocycles. The number of carbonyl (C=O) groups excluding carboxylic acids is 1. The van der Waals surface area contributed by atoms with Crippen LogP contribution in [0.1, 0.15) is 61.3 Å². The summed E-state index contributed by atoms with van der Waals surface area (Å²) in [5.41, 5.74) is 7.38. The molecule has 0 aromatic heterocycles. The lowest BCUT2D eigenvalue weighted by atomic mass is 9.59. The fourth-order valence-corrected chi connectivity index (χ4v) is 3.49. The minimum atomic E-state index is -0.886. The second-order valence-corrected chi connectivity index (χ2v) is 8.39. The first kappa shape index (κ1) is 16.3. The van der Waals surface area contributed by atoms with Crippen LogP contribution in [0.5, 0.6) is 0 Å². The Kier molecular flexibility index (Phi) is 4.58. The molecule has 0 heterocycles. The average molecular weight is 268 g/mol. The number of carbonyl (C=O) groups is 1. The SMILES string of the molecule is CC1CC(C(C)(C)C)C(OC([NH])=O)C(C(C)(C)C)C1. The van der Waals surface area contributed by atoms with Crippen LogP contribution in [0.25, 0.3) is 0 Å². The first-order valence-electron chi connectivity index (χ1n) is 7.35. The molecule has 3 heteroatoms. The van der Waals surface area contributed by atoms with Gasteiger partial charge in [0.15, 0.2) is 0 Å². The molecule has 0 aromatic rings. The van der Waals surface area contributed by atoms with Gasteiger partial charge in [0.25, 0.3) is 0 Å². The molecule has 2 atom stereocenters. The van der Waals surface area contributed by atoms with Gasteiger partial charge in [-0.25, -0.2) is 10.5 Å². The molecule has 1 fully saturated rings. The lowest BCUT2D eigenvalue weighted by Crippen LogP contribution is -2.49. The molecule has 1 N–H and O–H groups in total. The third kappa shape index (κ3) is 4.12. The molecular weight excluding hydrogens is 238 g/mol. The number of hydrogen-bond acceptors (Lipinski definition) is 2. The number of ether oxygens (including phenoxy) is 1. The van der Waals surface area contributed by atoms with Crippen molar-refractivity contribution >= 4 is 6.09 Å². The Bertz CT molecular complexity index is 301. The van der Waals surface area contributed by atoms with Gasteiger partial charge in [0.1, 0.15) is 6.10 Å². The summed E-state index contributed by atoms with van der Waals surface area (Å²) in [7, 11) is 0. The van der Waals surface area contributed by atoms with E-state index in [0.717, 1.165) is 12.8 Å². The van der Waals surface area contributed by atoms with E-state index in [2.05, 4.69) is 48.5 Å². The van der Waals surface area contributed by atoms with Gasteiger partial charge in [-0.05, 0) is 29.6 Å². The minimum Gasteiger partial charge on any atom is -0.444 e. The van der Waals surface area contributed by atoms with Crippen LogP contribution in [0.15, 0.2) is 0 Å². The van der Waals surface area contributed by atoms with Crippen LogP contribution in [0.2, 0.25) is 0 Å². The Labute approximate surface area is 118 Å². The second kappa shape index (κ2) is 5.34. The molecule has 2 unspecified atom stereocenters. The zero-order valence-electron chi connectivity index (χ0n) is 13.5. The molecule has 0 saturated heterocycles. The number of hydrogen-bond donors (Lipinski definition) is 0. The first-order chi connectivity index (χ1) is 8.43. The molecule has 0 spiro atoms. The van der Waals surface area contributed by atoms with Crippen molar-refractivity contribution in [3.63, 3.8) is 0 Å². The van der Waals surface area contributed by atoms with Gasteiger partial charge in [-0.15, -0.1) is 0 Å². The summed E-state index contributed by atoms with van der Waals surface area (Å²) in [6, 6.07) is 0. The highest BCUT2D eigenvalue weighted by Crippen LogP contribution is 2.49. The van der Waals surface area contributed by atoms with Crippen molar-refractivity contribution in [2.24, 2.45) is 28.6 Å². The van der Waals surface area contributed by atoms with Crippen molar-refractivity contribution in [2.75, 3.05) is 0 Å². The average Bonchev–Trinajstić information content (AvgIpc) is 2.16. The van der Waals surface area contributed by atoms with Gasteiger partial charge in [-0.3, -0.25) is 0 Å². The molecule has 1 amide bonds. The molecule has 3 nitrogen and oxygen atoms in total. The normalized spacial score (nSPS) is 33.0. The quantitative estimate of drug-likeness (QED) is 0.701. The van der Waals surface area contributed by atoms with Crippen LogP contribution in [0.3, 0.4) is 0 Å². The fourth-order valence-electron chi connectivity index (χ4n) is 3.49. The van der Waals surface area contributed by atoms with E-state index in [-0.39, 0.29) is 16.9 Å². The molecule has 19 heavy (non-hydrogen) atoms. The lowest BCUT2D eigenvalue weighted by Gasteiger charge is -2.49. The fraction of sp³-hybridized carbons (Fsp3) is 0.938. The van der Waals surface area contributed by atoms with Crippen LogP contribution in [0, 0.1) is 28.6 Å². The molecule has 1 saturated carbocycles. The van der Waals surface area contributed by atoms with Crippen molar-refractivity contribution in [2.45, 2.75) is 67.4 Å². The minimum absolute atomic E-state index is 0.0955. The van der Waals surface area contributed by atoms with Crippen molar-refractivity contribution in [3.05, 3.63) is 0 Å². The Hall–Kier alpha value is -0.730. The molecule has 1 radical (unpaired) electrons. The smallest absolute Gasteiger partial charge is 0.426 e. The van der Waals surface area contributed by atoms with E-state index in [1.165, 1.54) is 0 Å². The van der Waals surface area contributed by atoms with Gasteiger partial charge >= 0.3 is 6.09 Å². The van der Waals surface area contributed by atoms with Crippen molar-refractivity contribution in [1.29, 1.82) is 0 Å². The highest BCUT2D eigenvalue weighted by molar-refractivity contribution is 5.64. The maximum Gasteiger partial charge on any atom is 0.426 e. The van der Waals surface area contributed by atoms with Gasteiger partial charge in [-0.1, -0.05) is 48.5 Å². The lowest BCUT2D eigenvalue weighted by molar-refractivity contribution is -0.0845. The highest BCUT2D eigenvalue weighted by atomic mass is 16.6. The third-order valence-electron chi connectivity index (χ3n) is 4.57. The number of amides is 1. The first-order valence-corrected chi connectivity index (χ1v) is 7.35. The highest BCUT2D eigenvalue weighted by Gasteiger charge is 2.47. The zero-order valence-corrected chi connectivity index (χ0v) is 13.5. The molecular formula is C16H30NO2. The van der Waals surface area contributed by atoms with Crippen LogP contribution >= 0.6 is 0 Å². The topological polar surface area (TPSA) is 50.1 Å². The molecule has 111 valence electrons. The standard InChI is InChI=1S/C16H30NO2/c1-10-8-11(15(2,3)4)13(19-14(17)18)12(9-10)16(5,6)7/h10-13,17H,8-9H2,1-7H3. The van der Waals surface area contributed by atoms with Gasteiger partial charge in [0, 0.05) is 11.8 Å². The van der Waals surface area contributed by atoms with Gasteiger partial charge in [0.2, 0.25) is 0 Å². The van der Waals surface area contributed by atoms with E-state index in [9.17, 15) is 4.79 Å². The number of rotatable bonds is 1. The van der Waals surface area contributed by atoms with Crippen LogP contribution in [-0.4, -0.2) is 12.2 Å². The summed E-state index contributed by atoms with van der Waals surface area (Å²) in [5, 5.41) is 0. The number of nitrogens with one attached hydrogen (secondary N) is 1. The van der Waals surface area contributed by atoms with Crippen LogP contribution < -0.4 is 5.73 Å². The van der Waals surface area contributed by atoms with E-state index in [1.54, 1.807) is 0 Å². The monoisotopic (exact) mass is 268 g/mol. The summed E-state index contributed by atoms with van der Waals surface area (Å²) in [6.07, 6.45) is 1.14. The summed E-state index contributed by atoms with van der Waals surface area (Å²) in [5.74, 6) is 1.30. The van der Waals surface area contributed by atoms with E-state index in [1.807, 2.05) is 0 Å². The molecule has 1 rings (SSSR count). The Morgan fingerprint density at radius 1 is 1.00 bits per heavy atom. The van der Waals surface area contributed by atoms with Gasteiger partial charge in [-0.2, -0.15) is 0 Å². The molecule has 1 aliphatic carbocycles. The maximum atomic E-state index is 11.2. The summed E-state index contributed by atoms with van der Waals surface area (Å²) < 4.78 is 5.45. The maximum absolute atomic E-state index is 11.2. The van der Waals surface area contributed by atoms with Crippen molar-refractivity contribution in [3.8, 4) is 0 Å².